The van der Waals surface area contributed by atoms with E-state index < -0.39 is 47.1 Å². The van der Waals surface area contributed by atoms with Crippen molar-refractivity contribution < 1.29 is 34.1 Å². The Hall–Kier alpha value is -4.49. The lowest BCUT2D eigenvalue weighted by Crippen LogP contribution is -2.47. The minimum absolute atomic E-state index is 0.0365. The van der Waals surface area contributed by atoms with Crippen molar-refractivity contribution in [1.82, 2.24) is 25.1 Å². The average molecular weight is 694 g/mol. The van der Waals surface area contributed by atoms with Crippen LogP contribution in [0.5, 0.6) is 0 Å². The van der Waals surface area contributed by atoms with Crippen LogP contribution >= 0.6 is 0 Å². The number of pyridine rings is 2. The topological polar surface area (TPSA) is 172 Å². The van der Waals surface area contributed by atoms with Crippen molar-refractivity contribution in [1.29, 1.82) is 0 Å². The number of hydrogen-bond acceptors (Lipinski definition) is 9. The molecule has 1 aliphatic heterocycles. The number of aliphatic hydroxyl groups is 2. The van der Waals surface area contributed by atoms with Crippen LogP contribution in [-0.4, -0.2) is 80.1 Å². The van der Waals surface area contributed by atoms with Gasteiger partial charge in [0.1, 0.15) is 11.2 Å². The second-order valence-electron chi connectivity index (χ2n) is 14.6. The number of amides is 3. The molecule has 0 unspecified atom stereocenters. The summed E-state index contributed by atoms with van der Waals surface area (Å²) in [5, 5.41) is 28.5. The molecule has 2 aromatic heterocycles. The summed E-state index contributed by atoms with van der Waals surface area (Å²) in [7, 11) is 0. The van der Waals surface area contributed by atoms with Crippen molar-refractivity contribution in [2.24, 2.45) is 0 Å². The number of hydrogen-bond donors (Lipinski definition) is 4. The van der Waals surface area contributed by atoms with Crippen molar-refractivity contribution in [3.8, 4) is 11.4 Å². The van der Waals surface area contributed by atoms with Gasteiger partial charge in [-0.15, -0.1) is 0 Å². The Labute approximate surface area is 293 Å². The molecule has 4 N–H and O–H groups in total. The summed E-state index contributed by atoms with van der Waals surface area (Å²) in [5.74, 6) is -0.722. The van der Waals surface area contributed by atoms with E-state index in [1.54, 1.807) is 59.4 Å². The highest BCUT2D eigenvalue weighted by molar-refractivity contribution is 5.88. The maximum atomic E-state index is 13.6. The molecule has 0 saturated carbocycles. The zero-order valence-electron chi connectivity index (χ0n) is 30.2. The lowest BCUT2D eigenvalue weighted by Gasteiger charge is -2.29. The number of carbonyl (C=O) groups excluding carboxylic acids is 3. The van der Waals surface area contributed by atoms with Crippen LogP contribution in [-0.2, 0) is 33.0 Å². The van der Waals surface area contributed by atoms with Gasteiger partial charge < -0.3 is 39.8 Å². The molecule has 50 heavy (non-hydrogen) atoms. The van der Waals surface area contributed by atoms with Gasteiger partial charge in [-0.2, -0.15) is 0 Å². The fourth-order valence-electron chi connectivity index (χ4n) is 5.88. The van der Waals surface area contributed by atoms with Gasteiger partial charge in [0.25, 0.3) is 11.5 Å². The zero-order valence-corrected chi connectivity index (χ0v) is 30.2. The minimum atomic E-state index is -2.11. The quantitative estimate of drug-likeness (QED) is 0.147. The Morgan fingerprint density at radius 1 is 0.940 bits per heavy atom. The Bertz CT molecular complexity index is 1770. The van der Waals surface area contributed by atoms with E-state index >= 15 is 0 Å². The number of benzene rings is 1. The molecule has 13 nitrogen and oxygen atoms in total. The molecule has 0 radical (unpaired) electrons. The first-order valence-electron chi connectivity index (χ1n) is 17.2. The van der Waals surface area contributed by atoms with Crippen molar-refractivity contribution in [2.75, 3.05) is 26.2 Å². The molecule has 4 rings (SSSR count). The predicted molar refractivity (Wildman–Crippen MR) is 190 cm³/mol. The van der Waals surface area contributed by atoms with E-state index in [0.717, 1.165) is 16.5 Å². The van der Waals surface area contributed by atoms with Crippen molar-refractivity contribution in [3.05, 3.63) is 63.4 Å². The van der Waals surface area contributed by atoms with Gasteiger partial charge in [-0.05, 0) is 85.4 Å². The summed E-state index contributed by atoms with van der Waals surface area (Å²) >= 11 is 0. The Kier molecular flexibility index (Phi) is 11.9. The largest absolute Gasteiger partial charge is 0.444 e. The summed E-state index contributed by atoms with van der Waals surface area (Å²) in [4.78, 5) is 58.5. The number of nitrogens with one attached hydrogen (secondary N) is 2. The van der Waals surface area contributed by atoms with Crippen LogP contribution in [0.1, 0.15) is 90.8 Å². The number of fused-ring (bicyclic) bond motifs is 4. The van der Waals surface area contributed by atoms with Crippen LogP contribution in [0.15, 0.2) is 41.2 Å². The maximum absolute atomic E-state index is 13.6. The molecule has 0 saturated heterocycles. The zero-order chi connectivity index (χ0) is 36.9. The van der Waals surface area contributed by atoms with Crippen molar-refractivity contribution >= 4 is 29.0 Å². The highest BCUT2D eigenvalue weighted by atomic mass is 16.6. The average Bonchev–Trinajstić information content (AvgIpc) is 3.39. The Balaban J connectivity index is 1.43. The van der Waals surface area contributed by atoms with Crippen LogP contribution in [0.4, 0.5) is 9.59 Å². The van der Waals surface area contributed by atoms with Gasteiger partial charge in [0, 0.05) is 48.3 Å². The number of aliphatic hydroxyl groups excluding tert-OH is 1. The monoisotopic (exact) mass is 693 g/mol. The van der Waals surface area contributed by atoms with E-state index in [1.165, 1.54) is 4.57 Å². The van der Waals surface area contributed by atoms with E-state index in [2.05, 4.69) is 10.6 Å². The molecule has 0 aliphatic carbocycles. The Morgan fingerprint density at radius 2 is 1.60 bits per heavy atom. The van der Waals surface area contributed by atoms with Gasteiger partial charge >= 0.3 is 12.2 Å². The third kappa shape index (κ3) is 9.19. The molecule has 1 atom stereocenters. The van der Waals surface area contributed by atoms with Crippen LogP contribution in [0.2, 0.25) is 0 Å². The molecule has 13 heteroatoms. The normalized spacial score (nSPS) is 13.6. The lowest BCUT2D eigenvalue weighted by molar-refractivity contribution is -0.141. The molecule has 3 amide bonds. The molecule has 272 valence electrons. The van der Waals surface area contributed by atoms with Gasteiger partial charge in [0.05, 0.1) is 30.1 Å². The second kappa shape index (κ2) is 15.6. The van der Waals surface area contributed by atoms with Gasteiger partial charge in [-0.3, -0.25) is 9.59 Å². The summed E-state index contributed by atoms with van der Waals surface area (Å²) in [6.07, 6.45) is 0.475. The number of unbranched alkanes of at least 4 members (excludes halogenated alkanes) is 1. The second-order valence-corrected chi connectivity index (χ2v) is 14.6. The van der Waals surface area contributed by atoms with E-state index in [0.29, 0.717) is 43.7 Å². The maximum Gasteiger partial charge on any atom is 0.410 e. The fourth-order valence-corrected chi connectivity index (χ4v) is 5.88. The Morgan fingerprint density at radius 3 is 2.26 bits per heavy atom. The predicted octanol–water partition coefficient (Wildman–Crippen LogP) is 4.56. The number of rotatable bonds is 13. The van der Waals surface area contributed by atoms with Gasteiger partial charge in [-0.1, -0.05) is 25.1 Å². The third-order valence-electron chi connectivity index (χ3n) is 8.33. The molecule has 3 heterocycles. The summed E-state index contributed by atoms with van der Waals surface area (Å²) in [5.41, 5.74) is -1.28. The van der Waals surface area contributed by atoms with Crippen LogP contribution in [0.25, 0.3) is 22.3 Å². The fraction of sp³-hybridized carbons (Fsp3) is 0.541. The first-order chi connectivity index (χ1) is 23.5. The smallest absolute Gasteiger partial charge is 0.410 e. The molecule has 3 aromatic rings. The highest BCUT2D eigenvalue weighted by Gasteiger charge is 2.40. The number of para-hydroxylation sites is 1. The molecule has 1 aliphatic rings. The van der Waals surface area contributed by atoms with E-state index in [9.17, 15) is 29.4 Å². The lowest BCUT2D eigenvalue weighted by atomic mass is 9.86. The van der Waals surface area contributed by atoms with Gasteiger partial charge in [0.2, 0.25) is 0 Å². The molecule has 0 spiro atoms. The van der Waals surface area contributed by atoms with Gasteiger partial charge in [0.15, 0.2) is 5.60 Å². The summed E-state index contributed by atoms with van der Waals surface area (Å²) < 4.78 is 12.4. The highest BCUT2D eigenvalue weighted by Crippen LogP contribution is 2.36. The van der Waals surface area contributed by atoms with Crippen LogP contribution < -0.4 is 16.2 Å². The standard InChI is InChI=1S/C37H51N5O8/c1-8-37(48,27-21-29-30-25(22-42(29)31(44)26(27)23-43)20-24-14-9-10-15-28(24)40-30)32(45)38-17-13-19-41(34(47)50-36(5,6)7)18-12-11-16-39-33(46)49-35(2,3)4/h9-10,14-15,20-21,43,48H,8,11-13,16-19,22-23H2,1-7H3,(H,38,45)(H,39,46)/t37-/m0/s1. The number of nitrogens with zero attached hydrogens (tertiary/aromatic N) is 3. The molecule has 0 fully saturated rings. The van der Waals surface area contributed by atoms with E-state index in [-0.39, 0.29) is 37.2 Å². The molecular formula is C37H51N5O8. The van der Waals surface area contributed by atoms with Crippen molar-refractivity contribution in [3.63, 3.8) is 0 Å². The summed E-state index contributed by atoms with van der Waals surface area (Å²) in [6, 6.07) is 11.2. The SMILES string of the molecule is CC[C@@](O)(C(=O)NCCCN(CCCCNC(=O)OC(C)(C)C)C(=O)OC(C)(C)C)c1cc2n(c(=O)c1CO)Cc1cc3ccccc3nc1-2. The minimum Gasteiger partial charge on any atom is -0.444 e. The third-order valence-corrected chi connectivity index (χ3v) is 8.33. The summed E-state index contributed by atoms with van der Waals surface area (Å²) in [6.45, 7) is 13.1. The number of aromatic nitrogens is 2. The number of ether oxygens (including phenoxy) is 2. The van der Waals surface area contributed by atoms with Crippen LogP contribution in [0, 0.1) is 0 Å². The first kappa shape index (κ1) is 38.3. The number of alkyl carbamates (subject to hydrolysis) is 1. The first-order valence-corrected chi connectivity index (χ1v) is 17.2. The number of carbonyl (C=O) groups is 3. The van der Waals surface area contributed by atoms with E-state index in [4.69, 9.17) is 14.5 Å². The van der Waals surface area contributed by atoms with Crippen LogP contribution in [0.3, 0.4) is 0 Å². The molecule has 1 aromatic carbocycles. The molecule has 0 bridgehead atoms. The van der Waals surface area contributed by atoms with Gasteiger partial charge in [-0.25, -0.2) is 14.6 Å². The van der Waals surface area contributed by atoms with Crippen molar-refractivity contribution in [2.45, 2.75) is 104 Å². The molecular weight excluding hydrogens is 642 g/mol. The van der Waals surface area contributed by atoms with E-state index in [1.807, 2.05) is 30.3 Å².